The molecule has 1 aliphatic heterocycles. The molecule has 0 bridgehead atoms. The molecule has 1 aromatic carbocycles. The lowest BCUT2D eigenvalue weighted by Gasteiger charge is -2.07. The fourth-order valence-corrected chi connectivity index (χ4v) is 2.65. The normalized spacial score (nSPS) is 16.1. The molecule has 88 valence electrons. The molecule has 0 radical (unpaired) electrons. The molecule has 5 heteroatoms. The van der Waals surface area contributed by atoms with Gasteiger partial charge < -0.3 is 0 Å². The topological polar surface area (TPSA) is 37.4 Å². The predicted molar refractivity (Wildman–Crippen MR) is 69.7 cm³/mol. The molecule has 0 unspecified atom stereocenters. The summed E-state index contributed by atoms with van der Waals surface area (Å²) in [6, 6.07) is 7.04. The van der Waals surface area contributed by atoms with Gasteiger partial charge in [0.2, 0.25) is 0 Å². The second-order valence-corrected chi connectivity index (χ2v) is 4.78. The third kappa shape index (κ3) is 1.87. The fourth-order valence-electron chi connectivity index (χ4n) is 1.71. The Morgan fingerprint density at radius 2 is 1.82 bits per heavy atom. The van der Waals surface area contributed by atoms with Crippen LogP contribution in [0.15, 0.2) is 29.2 Å². The Kier molecular flexibility index (Phi) is 3.26. The van der Waals surface area contributed by atoms with Crippen LogP contribution in [0.4, 0.5) is 0 Å². The average Bonchev–Trinajstić information content (AvgIpc) is 2.54. The lowest BCUT2D eigenvalue weighted by molar-refractivity contribution is -0.134. The predicted octanol–water partition coefficient (Wildman–Crippen LogP) is 2.41. The molecular formula is C12H10ClNO2S. The van der Waals surface area contributed by atoms with Gasteiger partial charge in [-0.25, -0.2) is 0 Å². The van der Waals surface area contributed by atoms with Crippen LogP contribution >= 0.6 is 23.4 Å². The van der Waals surface area contributed by atoms with E-state index in [-0.39, 0.29) is 11.8 Å². The van der Waals surface area contributed by atoms with E-state index < -0.39 is 0 Å². The Morgan fingerprint density at radius 1 is 1.18 bits per heavy atom. The number of likely N-dealkylation sites (N-methyl/N-ethyl adjacent to an activating group) is 1. The average molecular weight is 268 g/mol. The molecule has 1 aromatic rings. The smallest absolute Gasteiger partial charge is 0.267 e. The van der Waals surface area contributed by atoms with Crippen LogP contribution < -0.4 is 0 Å². The zero-order valence-electron chi connectivity index (χ0n) is 9.36. The largest absolute Gasteiger partial charge is 0.277 e. The van der Waals surface area contributed by atoms with Crippen molar-refractivity contribution in [2.75, 3.05) is 13.3 Å². The van der Waals surface area contributed by atoms with Crippen molar-refractivity contribution in [3.05, 3.63) is 39.8 Å². The quantitative estimate of drug-likeness (QED) is 0.773. The van der Waals surface area contributed by atoms with Crippen LogP contribution in [0.5, 0.6) is 0 Å². The molecular weight excluding hydrogens is 258 g/mol. The van der Waals surface area contributed by atoms with E-state index in [1.54, 1.807) is 30.5 Å². The molecule has 2 amide bonds. The van der Waals surface area contributed by atoms with Crippen molar-refractivity contribution in [2.45, 2.75) is 0 Å². The van der Waals surface area contributed by atoms with Gasteiger partial charge in [-0.15, -0.1) is 11.8 Å². The Balaban J connectivity index is 2.64. The Labute approximate surface area is 108 Å². The summed E-state index contributed by atoms with van der Waals surface area (Å²) in [6.07, 6.45) is 1.77. The molecule has 0 saturated carbocycles. The highest BCUT2D eigenvalue weighted by Gasteiger charge is 2.36. The maximum absolute atomic E-state index is 12.0. The molecule has 0 fully saturated rings. The van der Waals surface area contributed by atoms with Gasteiger partial charge in [-0.05, 0) is 12.3 Å². The molecule has 0 atom stereocenters. The molecule has 1 aliphatic rings. The molecule has 0 aliphatic carbocycles. The number of amides is 2. The fraction of sp³-hybridized carbons (Fsp3) is 0.167. The molecule has 0 N–H and O–H groups in total. The van der Waals surface area contributed by atoms with E-state index in [0.717, 1.165) is 4.90 Å². The zero-order chi connectivity index (χ0) is 12.6. The van der Waals surface area contributed by atoms with Gasteiger partial charge in [-0.3, -0.25) is 14.5 Å². The number of halogens is 1. The maximum Gasteiger partial charge on any atom is 0.267 e. The minimum absolute atomic E-state index is 0.266. The molecule has 0 spiro atoms. The minimum Gasteiger partial charge on any atom is -0.277 e. The Hall–Kier alpha value is -1.26. The summed E-state index contributed by atoms with van der Waals surface area (Å²) in [5, 5.41) is 0.477. The first-order chi connectivity index (χ1) is 8.07. The zero-order valence-corrected chi connectivity index (χ0v) is 10.9. The van der Waals surface area contributed by atoms with Crippen molar-refractivity contribution in [3.8, 4) is 0 Å². The van der Waals surface area contributed by atoms with Gasteiger partial charge in [0.05, 0.1) is 10.5 Å². The van der Waals surface area contributed by atoms with Crippen LogP contribution in [0.2, 0.25) is 5.02 Å². The summed E-state index contributed by atoms with van der Waals surface area (Å²) in [5.74, 6) is -0.565. The van der Waals surface area contributed by atoms with Crippen LogP contribution in [0.3, 0.4) is 0 Å². The second kappa shape index (κ2) is 4.55. The maximum atomic E-state index is 12.0. The van der Waals surface area contributed by atoms with Crippen molar-refractivity contribution in [2.24, 2.45) is 0 Å². The highest BCUT2D eigenvalue weighted by Crippen LogP contribution is 2.36. The highest BCUT2D eigenvalue weighted by molar-refractivity contribution is 8.03. The van der Waals surface area contributed by atoms with E-state index in [1.807, 2.05) is 0 Å². The highest BCUT2D eigenvalue weighted by atomic mass is 35.5. The van der Waals surface area contributed by atoms with Gasteiger partial charge in [0.15, 0.2) is 0 Å². The SMILES string of the molecule is CSC1=C(c2ccccc2Cl)C(=O)N(C)C1=O. The first-order valence-corrected chi connectivity index (χ1v) is 6.53. The number of benzene rings is 1. The summed E-state index contributed by atoms with van der Waals surface area (Å²) in [7, 11) is 1.48. The summed E-state index contributed by atoms with van der Waals surface area (Å²) in [6.45, 7) is 0. The lowest BCUT2D eigenvalue weighted by atomic mass is 10.1. The minimum atomic E-state index is -0.299. The molecule has 17 heavy (non-hydrogen) atoms. The van der Waals surface area contributed by atoms with Gasteiger partial charge in [0.25, 0.3) is 11.8 Å². The second-order valence-electron chi connectivity index (χ2n) is 3.56. The van der Waals surface area contributed by atoms with Crippen LogP contribution in [-0.2, 0) is 9.59 Å². The van der Waals surface area contributed by atoms with Crippen LogP contribution in [0, 0.1) is 0 Å². The standard InChI is InChI=1S/C12H10ClNO2S/c1-14-11(15)9(10(17-2)12(14)16)7-5-3-4-6-8(7)13/h3-6H,1-2H3. The van der Waals surface area contributed by atoms with Crippen LogP contribution in [0.1, 0.15) is 5.56 Å². The molecule has 0 saturated heterocycles. The first-order valence-electron chi connectivity index (χ1n) is 4.93. The first kappa shape index (κ1) is 12.2. The van der Waals surface area contributed by atoms with Crippen molar-refractivity contribution in [1.29, 1.82) is 0 Å². The third-order valence-electron chi connectivity index (χ3n) is 2.59. The molecule has 2 rings (SSSR count). The summed E-state index contributed by atoms with van der Waals surface area (Å²) >= 11 is 7.33. The molecule has 0 aromatic heterocycles. The summed E-state index contributed by atoms with van der Waals surface area (Å²) < 4.78 is 0. The summed E-state index contributed by atoms with van der Waals surface area (Å²) in [4.78, 5) is 25.4. The number of hydrogen-bond donors (Lipinski definition) is 0. The number of nitrogens with zero attached hydrogens (tertiary/aromatic N) is 1. The van der Waals surface area contributed by atoms with Crippen molar-refractivity contribution in [3.63, 3.8) is 0 Å². The number of thioether (sulfide) groups is 1. The van der Waals surface area contributed by atoms with E-state index in [9.17, 15) is 9.59 Å². The monoisotopic (exact) mass is 267 g/mol. The number of imide groups is 1. The van der Waals surface area contributed by atoms with Gasteiger partial charge >= 0.3 is 0 Å². The van der Waals surface area contributed by atoms with E-state index in [1.165, 1.54) is 18.8 Å². The van der Waals surface area contributed by atoms with Gasteiger partial charge in [0.1, 0.15) is 0 Å². The molecule has 1 heterocycles. The van der Waals surface area contributed by atoms with Crippen molar-refractivity contribution < 1.29 is 9.59 Å². The van der Waals surface area contributed by atoms with Crippen molar-refractivity contribution >= 4 is 40.8 Å². The number of carbonyl (C=O) groups excluding carboxylic acids is 2. The van der Waals surface area contributed by atoms with E-state index in [4.69, 9.17) is 11.6 Å². The van der Waals surface area contributed by atoms with E-state index in [2.05, 4.69) is 0 Å². The van der Waals surface area contributed by atoms with E-state index >= 15 is 0 Å². The van der Waals surface area contributed by atoms with Gasteiger partial charge in [-0.1, -0.05) is 29.8 Å². The van der Waals surface area contributed by atoms with Crippen LogP contribution in [0.25, 0.3) is 5.57 Å². The van der Waals surface area contributed by atoms with Crippen molar-refractivity contribution in [1.82, 2.24) is 4.90 Å². The number of rotatable bonds is 2. The number of hydrogen-bond acceptors (Lipinski definition) is 3. The third-order valence-corrected chi connectivity index (χ3v) is 3.71. The Morgan fingerprint density at radius 3 is 2.41 bits per heavy atom. The Bertz CT molecular complexity index is 539. The summed E-state index contributed by atoms with van der Waals surface area (Å²) in [5.41, 5.74) is 1.01. The molecule has 3 nitrogen and oxygen atoms in total. The van der Waals surface area contributed by atoms with Gasteiger partial charge in [0, 0.05) is 17.6 Å². The lowest BCUT2D eigenvalue weighted by Crippen LogP contribution is -2.26. The van der Waals surface area contributed by atoms with Gasteiger partial charge in [-0.2, -0.15) is 0 Å². The van der Waals surface area contributed by atoms with E-state index in [0.29, 0.717) is 21.1 Å². The number of carbonyl (C=O) groups is 2. The van der Waals surface area contributed by atoms with Crippen LogP contribution in [-0.4, -0.2) is 30.0 Å².